The third kappa shape index (κ3) is 3.71. The van der Waals surface area contributed by atoms with Crippen LogP contribution in [0.3, 0.4) is 0 Å². The van der Waals surface area contributed by atoms with Gasteiger partial charge in [-0.15, -0.1) is 5.10 Å². The van der Waals surface area contributed by atoms with Gasteiger partial charge in [0.05, 0.1) is 17.8 Å². The Bertz CT molecular complexity index is 898. The van der Waals surface area contributed by atoms with Crippen LogP contribution in [0.2, 0.25) is 0 Å². The van der Waals surface area contributed by atoms with Crippen molar-refractivity contribution in [1.29, 1.82) is 0 Å². The number of nitrogens with zero attached hydrogens (tertiary/aromatic N) is 5. The van der Waals surface area contributed by atoms with Gasteiger partial charge in [-0.2, -0.15) is 0 Å². The first-order valence-corrected chi connectivity index (χ1v) is 10.3. The van der Waals surface area contributed by atoms with Crippen molar-refractivity contribution in [3.05, 3.63) is 36.1 Å². The van der Waals surface area contributed by atoms with Gasteiger partial charge in [0, 0.05) is 12.4 Å². The summed E-state index contributed by atoms with van der Waals surface area (Å²) in [6.45, 7) is 1.98. The molecule has 0 radical (unpaired) electrons. The highest BCUT2D eigenvalue weighted by Crippen LogP contribution is 2.32. The maximum atomic E-state index is 12.7. The highest BCUT2D eigenvalue weighted by Gasteiger charge is 2.24. The van der Waals surface area contributed by atoms with Crippen LogP contribution in [0.15, 0.2) is 39.9 Å². The Morgan fingerprint density at radius 3 is 2.93 bits per heavy atom. The third-order valence-corrected chi connectivity index (χ3v) is 6.21. The van der Waals surface area contributed by atoms with Crippen LogP contribution in [0.25, 0.3) is 11.0 Å². The Kier molecular flexibility index (Phi) is 5.15. The molecular weight excluding hydrogens is 362 g/mol. The summed E-state index contributed by atoms with van der Waals surface area (Å²) in [4.78, 5) is 14.4. The molecule has 1 aromatic carbocycles. The van der Waals surface area contributed by atoms with E-state index in [0.29, 0.717) is 11.8 Å². The van der Waals surface area contributed by atoms with Crippen LogP contribution in [0, 0.1) is 0 Å². The summed E-state index contributed by atoms with van der Waals surface area (Å²) in [6.07, 6.45) is 4.64. The SMILES string of the molecule is CC(c1cc2ccccc2o1)N(C)C(=O)CSc1nnnn1C1CCCC1. The molecule has 1 amide bonds. The van der Waals surface area contributed by atoms with Crippen molar-refractivity contribution in [3.8, 4) is 0 Å². The molecule has 1 aliphatic rings. The van der Waals surface area contributed by atoms with E-state index >= 15 is 0 Å². The number of hydrogen-bond donors (Lipinski definition) is 0. The van der Waals surface area contributed by atoms with Crippen LogP contribution in [0.1, 0.15) is 50.5 Å². The first-order valence-electron chi connectivity index (χ1n) is 9.28. The lowest BCUT2D eigenvalue weighted by molar-refractivity contribution is -0.129. The quantitative estimate of drug-likeness (QED) is 0.600. The normalized spacial score (nSPS) is 16.1. The minimum Gasteiger partial charge on any atom is -0.459 e. The molecule has 1 aliphatic carbocycles. The molecular formula is C19H23N5O2S. The second kappa shape index (κ2) is 7.72. The van der Waals surface area contributed by atoms with Gasteiger partial charge in [0.2, 0.25) is 11.1 Å². The summed E-state index contributed by atoms with van der Waals surface area (Å²) in [5.41, 5.74) is 0.838. The predicted molar refractivity (Wildman–Crippen MR) is 103 cm³/mol. The van der Waals surface area contributed by atoms with E-state index in [4.69, 9.17) is 4.42 Å². The summed E-state index contributed by atoms with van der Waals surface area (Å²) in [7, 11) is 1.81. The summed E-state index contributed by atoms with van der Waals surface area (Å²) in [5.74, 6) is 1.11. The zero-order valence-electron chi connectivity index (χ0n) is 15.5. The Balaban J connectivity index is 1.40. The second-order valence-corrected chi connectivity index (χ2v) is 7.94. The van der Waals surface area contributed by atoms with Gasteiger partial charge < -0.3 is 9.32 Å². The molecule has 0 aliphatic heterocycles. The third-order valence-electron chi connectivity index (χ3n) is 5.29. The Morgan fingerprint density at radius 2 is 2.15 bits per heavy atom. The lowest BCUT2D eigenvalue weighted by atomic mass is 10.2. The van der Waals surface area contributed by atoms with E-state index in [1.165, 1.54) is 24.6 Å². The maximum absolute atomic E-state index is 12.7. The number of carbonyl (C=O) groups is 1. The second-order valence-electron chi connectivity index (χ2n) is 7.00. The van der Waals surface area contributed by atoms with Gasteiger partial charge in [0.1, 0.15) is 11.3 Å². The molecule has 27 heavy (non-hydrogen) atoms. The molecule has 3 aromatic rings. The highest BCUT2D eigenvalue weighted by atomic mass is 32.2. The van der Waals surface area contributed by atoms with Crippen molar-refractivity contribution in [2.24, 2.45) is 0 Å². The fourth-order valence-electron chi connectivity index (χ4n) is 3.50. The summed E-state index contributed by atoms with van der Waals surface area (Å²) in [6, 6.07) is 10.1. The lowest BCUT2D eigenvalue weighted by Crippen LogP contribution is -2.31. The fraction of sp³-hybridized carbons (Fsp3) is 0.474. The van der Waals surface area contributed by atoms with E-state index in [9.17, 15) is 4.79 Å². The van der Waals surface area contributed by atoms with Gasteiger partial charge in [-0.05, 0) is 42.3 Å². The van der Waals surface area contributed by atoms with Gasteiger partial charge in [-0.1, -0.05) is 42.8 Å². The zero-order valence-corrected chi connectivity index (χ0v) is 16.4. The van der Waals surface area contributed by atoms with Crippen LogP contribution in [0.4, 0.5) is 0 Å². The number of furan rings is 1. The number of amides is 1. The Hall–Kier alpha value is -2.35. The van der Waals surface area contributed by atoms with Crippen LogP contribution in [0.5, 0.6) is 0 Å². The minimum absolute atomic E-state index is 0.0222. The van der Waals surface area contributed by atoms with E-state index < -0.39 is 0 Å². The van der Waals surface area contributed by atoms with Gasteiger partial charge in [-0.25, -0.2) is 4.68 Å². The van der Waals surface area contributed by atoms with Gasteiger partial charge in [0.15, 0.2) is 0 Å². The number of hydrogen-bond acceptors (Lipinski definition) is 6. The molecule has 0 bridgehead atoms. The number of para-hydroxylation sites is 1. The number of rotatable bonds is 6. The van der Waals surface area contributed by atoms with Crippen molar-refractivity contribution >= 4 is 28.6 Å². The van der Waals surface area contributed by atoms with E-state index in [1.54, 1.807) is 11.9 Å². The molecule has 2 aromatic heterocycles. The minimum atomic E-state index is -0.142. The zero-order chi connectivity index (χ0) is 18.8. The fourth-order valence-corrected chi connectivity index (χ4v) is 4.37. The average molecular weight is 385 g/mol. The van der Waals surface area contributed by atoms with Crippen LogP contribution in [-0.2, 0) is 4.79 Å². The average Bonchev–Trinajstić information content (AvgIpc) is 3.44. The number of fused-ring (bicyclic) bond motifs is 1. The summed E-state index contributed by atoms with van der Waals surface area (Å²) >= 11 is 1.40. The number of benzene rings is 1. The van der Waals surface area contributed by atoms with Gasteiger partial charge in [0.25, 0.3) is 0 Å². The Morgan fingerprint density at radius 1 is 1.37 bits per heavy atom. The molecule has 0 N–H and O–H groups in total. The van der Waals surface area contributed by atoms with Crippen molar-refractivity contribution in [3.63, 3.8) is 0 Å². The van der Waals surface area contributed by atoms with E-state index in [-0.39, 0.29) is 11.9 Å². The molecule has 8 heteroatoms. The largest absolute Gasteiger partial charge is 0.459 e. The molecule has 1 atom stereocenters. The molecule has 1 saturated carbocycles. The maximum Gasteiger partial charge on any atom is 0.233 e. The lowest BCUT2D eigenvalue weighted by Gasteiger charge is -2.23. The van der Waals surface area contributed by atoms with Crippen molar-refractivity contribution < 1.29 is 9.21 Å². The van der Waals surface area contributed by atoms with E-state index in [2.05, 4.69) is 15.5 Å². The first-order chi connectivity index (χ1) is 13.1. The molecule has 1 unspecified atom stereocenters. The summed E-state index contributed by atoms with van der Waals surface area (Å²) < 4.78 is 7.78. The molecule has 4 rings (SSSR count). The van der Waals surface area contributed by atoms with Crippen LogP contribution in [-0.4, -0.2) is 43.8 Å². The molecule has 1 fully saturated rings. The summed E-state index contributed by atoms with van der Waals surface area (Å²) in [5, 5.41) is 13.8. The van der Waals surface area contributed by atoms with E-state index in [0.717, 1.165) is 34.7 Å². The standard InChI is InChI=1S/C19H23N5O2S/c1-13(17-11-14-7-3-6-10-16(14)26-17)23(2)18(25)12-27-19-20-21-22-24(19)15-8-4-5-9-15/h3,6-7,10-11,13,15H,4-5,8-9,12H2,1-2H3. The Labute approximate surface area is 162 Å². The topological polar surface area (TPSA) is 77.1 Å². The monoisotopic (exact) mass is 385 g/mol. The number of thioether (sulfide) groups is 1. The molecule has 7 nitrogen and oxygen atoms in total. The van der Waals surface area contributed by atoms with Crippen LogP contribution < -0.4 is 0 Å². The molecule has 142 valence electrons. The van der Waals surface area contributed by atoms with Crippen molar-refractivity contribution in [1.82, 2.24) is 25.1 Å². The highest BCUT2D eigenvalue weighted by molar-refractivity contribution is 7.99. The first kappa shape index (κ1) is 18.0. The number of carbonyl (C=O) groups excluding carboxylic acids is 1. The van der Waals surface area contributed by atoms with E-state index in [1.807, 2.05) is 41.9 Å². The van der Waals surface area contributed by atoms with Crippen molar-refractivity contribution in [2.45, 2.75) is 49.8 Å². The van der Waals surface area contributed by atoms with Crippen LogP contribution >= 0.6 is 11.8 Å². The molecule has 0 saturated heterocycles. The number of tetrazole rings is 1. The number of aromatic nitrogens is 4. The molecule has 2 heterocycles. The smallest absolute Gasteiger partial charge is 0.233 e. The van der Waals surface area contributed by atoms with Gasteiger partial charge >= 0.3 is 0 Å². The van der Waals surface area contributed by atoms with Gasteiger partial charge in [-0.3, -0.25) is 4.79 Å². The molecule has 0 spiro atoms. The van der Waals surface area contributed by atoms with Crippen molar-refractivity contribution in [2.75, 3.05) is 12.8 Å². The predicted octanol–water partition coefficient (Wildman–Crippen LogP) is 3.85.